The number of anilines is 1. The summed E-state index contributed by atoms with van der Waals surface area (Å²) >= 11 is 0. The second-order valence-corrected chi connectivity index (χ2v) is 10.8. The number of nitrogens with two attached hydrogens (primary N) is 4. The second kappa shape index (κ2) is 15.0. The first kappa shape index (κ1) is 32.1. The van der Waals surface area contributed by atoms with Crippen LogP contribution in [0.4, 0.5) is 5.69 Å². The maximum absolute atomic E-state index is 14.1. The average Bonchev–Trinajstić information content (AvgIpc) is 2.97. The van der Waals surface area contributed by atoms with Crippen molar-refractivity contribution in [2.75, 3.05) is 11.4 Å². The number of nitrogens with one attached hydrogen (secondary N) is 2. The van der Waals surface area contributed by atoms with E-state index in [1.165, 1.54) is 0 Å². The molecular formula is C31H44N8O3. The molecule has 0 spiro atoms. The highest BCUT2D eigenvalue weighted by Crippen LogP contribution is 2.37. The van der Waals surface area contributed by atoms with Crippen LogP contribution in [0.15, 0.2) is 47.5 Å². The van der Waals surface area contributed by atoms with Gasteiger partial charge in [-0.1, -0.05) is 62.6 Å². The van der Waals surface area contributed by atoms with Crippen molar-refractivity contribution in [3.8, 4) is 11.1 Å². The fourth-order valence-corrected chi connectivity index (χ4v) is 5.67. The SMILES string of the molecule is CCC(=O)N(c1cccc(-c2ccc(C(=N)N)cc2)c1C)C(C(=O)NC(CCCN=C(N)N)C(N)=O)C1CCCCC1. The molecule has 1 aliphatic rings. The molecule has 2 unspecified atom stereocenters. The standard InChI is InChI=1S/C31H44N8O3/c1-3-26(40)39(25-13-7-11-23(19(25)2)20-14-16-22(17-15-20)28(32)33)27(21-9-5-4-6-10-21)30(42)38-24(29(34)41)12-8-18-37-31(35)36/h7,11,13-17,21,24,27H,3-6,8-10,12,18H2,1-2H3,(H3,32,33)(H2,34,41)(H,38,42)(H4,35,36,37). The van der Waals surface area contributed by atoms with Crippen molar-refractivity contribution in [2.45, 2.75) is 77.3 Å². The average molecular weight is 577 g/mol. The van der Waals surface area contributed by atoms with Crippen molar-refractivity contribution in [3.63, 3.8) is 0 Å². The Labute approximate surface area is 247 Å². The summed E-state index contributed by atoms with van der Waals surface area (Å²) in [6.07, 6.45) is 5.49. The van der Waals surface area contributed by atoms with Crippen LogP contribution in [0.1, 0.15) is 69.4 Å². The zero-order valence-electron chi connectivity index (χ0n) is 24.6. The summed E-state index contributed by atoms with van der Waals surface area (Å²) < 4.78 is 0. The lowest BCUT2D eigenvalue weighted by Gasteiger charge is -2.39. The number of benzene rings is 2. The number of guanidine groups is 1. The Morgan fingerprint density at radius 1 is 1.02 bits per heavy atom. The van der Waals surface area contributed by atoms with Gasteiger partial charge in [-0.3, -0.25) is 29.7 Å². The van der Waals surface area contributed by atoms with E-state index in [1.807, 2.05) is 37.3 Å². The quantitative estimate of drug-likeness (QED) is 0.120. The molecule has 0 bridgehead atoms. The summed E-state index contributed by atoms with van der Waals surface area (Å²) in [6, 6.07) is 11.3. The van der Waals surface area contributed by atoms with Crippen LogP contribution >= 0.6 is 0 Å². The number of primary amides is 1. The van der Waals surface area contributed by atoms with Crippen molar-refractivity contribution in [2.24, 2.45) is 33.8 Å². The van der Waals surface area contributed by atoms with Crippen LogP contribution in [0, 0.1) is 18.3 Å². The summed E-state index contributed by atoms with van der Waals surface area (Å²) in [5.41, 5.74) is 26.0. The Bertz CT molecular complexity index is 1300. The highest BCUT2D eigenvalue weighted by Gasteiger charge is 2.39. The number of nitrogen functional groups attached to an aromatic ring is 1. The molecular weight excluding hydrogens is 532 g/mol. The Balaban J connectivity index is 2.03. The molecule has 0 aliphatic heterocycles. The zero-order valence-corrected chi connectivity index (χ0v) is 24.6. The summed E-state index contributed by atoms with van der Waals surface area (Å²) in [4.78, 5) is 45.7. The fraction of sp³-hybridized carbons (Fsp3) is 0.452. The minimum Gasteiger partial charge on any atom is -0.384 e. The van der Waals surface area contributed by atoms with E-state index in [0.29, 0.717) is 24.2 Å². The van der Waals surface area contributed by atoms with E-state index in [9.17, 15) is 14.4 Å². The van der Waals surface area contributed by atoms with Gasteiger partial charge in [-0.2, -0.15) is 0 Å². The maximum atomic E-state index is 14.1. The molecule has 0 radical (unpaired) electrons. The Morgan fingerprint density at radius 3 is 2.26 bits per heavy atom. The Hall–Kier alpha value is -4.41. The first-order valence-corrected chi connectivity index (χ1v) is 14.6. The fourth-order valence-electron chi connectivity index (χ4n) is 5.67. The minimum absolute atomic E-state index is 0.0152. The Kier molecular flexibility index (Phi) is 11.5. The first-order chi connectivity index (χ1) is 20.0. The number of hydrogen-bond acceptors (Lipinski definition) is 5. The van der Waals surface area contributed by atoms with Crippen molar-refractivity contribution in [1.82, 2.24) is 5.32 Å². The van der Waals surface area contributed by atoms with Gasteiger partial charge in [-0.05, 0) is 61.3 Å². The molecule has 11 nitrogen and oxygen atoms in total. The molecule has 1 aliphatic carbocycles. The predicted octanol–water partition coefficient (Wildman–Crippen LogP) is 2.66. The monoisotopic (exact) mass is 576 g/mol. The number of nitrogens with zero attached hydrogens (tertiary/aromatic N) is 2. The second-order valence-electron chi connectivity index (χ2n) is 10.8. The van der Waals surface area contributed by atoms with Crippen LogP contribution in [0.2, 0.25) is 0 Å². The highest BCUT2D eigenvalue weighted by molar-refractivity contribution is 6.03. The molecule has 3 rings (SSSR count). The summed E-state index contributed by atoms with van der Waals surface area (Å²) in [7, 11) is 0. The van der Waals surface area contributed by atoms with E-state index < -0.39 is 23.9 Å². The maximum Gasteiger partial charge on any atom is 0.244 e. The third kappa shape index (κ3) is 8.08. The third-order valence-corrected chi connectivity index (χ3v) is 7.89. The van der Waals surface area contributed by atoms with Gasteiger partial charge in [0.2, 0.25) is 17.7 Å². The van der Waals surface area contributed by atoms with Crippen molar-refractivity contribution in [1.29, 1.82) is 5.41 Å². The number of hydrogen-bond donors (Lipinski definition) is 6. The molecule has 42 heavy (non-hydrogen) atoms. The van der Waals surface area contributed by atoms with Crippen molar-refractivity contribution >= 4 is 35.2 Å². The van der Waals surface area contributed by atoms with Crippen LogP contribution in [0.5, 0.6) is 0 Å². The van der Waals surface area contributed by atoms with Crippen LogP contribution < -0.4 is 33.2 Å². The molecule has 226 valence electrons. The smallest absolute Gasteiger partial charge is 0.244 e. The number of amidine groups is 1. The molecule has 1 saturated carbocycles. The number of aliphatic imine (C=N–C) groups is 1. The van der Waals surface area contributed by atoms with Crippen LogP contribution in [-0.2, 0) is 14.4 Å². The molecule has 10 N–H and O–H groups in total. The van der Waals surface area contributed by atoms with Gasteiger partial charge in [-0.15, -0.1) is 0 Å². The van der Waals surface area contributed by atoms with Crippen molar-refractivity contribution < 1.29 is 14.4 Å². The van der Waals surface area contributed by atoms with Crippen LogP contribution in [0.3, 0.4) is 0 Å². The molecule has 0 aromatic heterocycles. The third-order valence-electron chi connectivity index (χ3n) is 7.89. The summed E-state index contributed by atoms with van der Waals surface area (Å²) in [5.74, 6) is -1.38. The van der Waals surface area contributed by atoms with E-state index in [0.717, 1.165) is 48.8 Å². The summed E-state index contributed by atoms with van der Waals surface area (Å²) in [6.45, 7) is 4.01. The topological polar surface area (TPSA) is 207 Å². The van der Waals surface area contributed by atoms with Crippen LogP contribution in [-0.4, -0.2) is 48.1 Å². The number of amides is 3. The Morgan fingerprint density at radius 2 is 1.69 bits per heavy atom. The van der Waals surface area contributed by atoms with E-state index in [-0.39, 0.29) is 36.5 Å². The lowest BCUT2D eigenvalue weighted by molar-refractivity contribution is -0.131. The molecule has 0 saturated heterocycles. The van der Waals surface area contributed by atoms with Gasteiger partial charge in [0.05, 0.1) is 0 Å². The minimum atomic E-state index is -0.927. The number of rotatable bonds is 13. The van der Waals surface area contributed by atoms with E-state index >= 15 is 0 Å². The van der Waals surface area contributed by atoms with E-state index in [1.54, 1.807) is 24.0 Å². The predicted molar refractivity (Wildman–Crippen MR) is 167 cm³/mol. The van der Waals surface area contributed by atoms with Gasteiger partial charge in [0.25, 0.3) is 0 Å². The highest BCUT2D eigenvalue weighted by atomic mass is 16.2. The van der Waals surface area contributed by atoms with Gasteiger partial charge in [0, 0.05) is 24.2 Å². The molecule has 0 heterocycles. The molecule has 3 amide bonds. The van der Waals surface area contributed by atoms with Gasteiger partial charge in [0.1, 0.15) is 17.9 Å². The molecule has 1 fully saturated rings. The van der Waals surface area contributed by atoms with E-state index in [2.05, 4.69) is 10.3 Å². The van der Waals surface area contributed by atoms with E-state index in [4.69, 9.17) is 28.3 Å². The van der Waals surface area contributed by atoms with Crippen LogP contribution in [0.25, 0.3) is 11.1 Å². The molecule has 2 atom stereocenters. The van der Waals surface area contributed by atoms with Gasteiger partial charge in [0.15, 0.2) is 5.96 Å². The number of carbonyl (C=O) groups is 3. The largest absolute Gasteiger partial charge is 0.384 e. The molecule has 2 aromatic rings. The zero-order chi connectivity index (χ0) is 30.8. The summed E-state index contributed by atoms with van der Waals surface area (Å²) in [5, 5.41) is 10.5. The lowest BCUT2D eigenvalue weighted by Crippen LogP contribution is -2.57. The molecule has 11 heteroatoms. The normalized spacial score (nSPS) is 14.8. The first-order valence-electron chi connectivity index (χ1n) is 14.6. The van der Waals surface area contributed by atoms with Gasteiger partial charge >= 0.3 is 0 Å². The van der Waals surface area contributed by atoms with Crippen molar-refractivity contribution in [3.05, 3.63) is 53.6 Å². The molecule has 2 aromatic carbocycles. The lowest BCUT2D eigenvalue weighted by atomic mass is 9.82. The van der Waals surface area contributed by atoms with Gasteiger partial charge < -0.3 is 28.3 Å². The number of carbonyl (C=O) groups excluding carboxylic acids is 3. The van der Waals surface area contributed by atoms with Gasteiger partial charge in [-0.25, -0.2) is 0 Å².